The van der Waals surface area contributed by atoms with Crippen LogP contribution in [-0.4, -0.2) is 38.6 Å². The first kappa shape index (κ1) is 11.2. The number of amides is 1. The van der Waals surface area contributed by atoms with E-state index < -0.39 is 5.91 Å². The fourth-order valence-corrected chi connectivity index (χ4v) is 1.87. The Labute approximate surface area is 107 Å². The quantitative estimate of drug-likeness (QED) is 0.647. The second-order valence-corrected chi connectivity index (χ2v) is 3.77. The minimum atomic E-state index is -0.394. The first-order valence-electron chi connectivity index (χ1n) is 5.49. The van der Waals surface area contributed by atoms with E-state index >= 15 is 0 Å². The molecular weight excluding hydrogens is 248 g/mol. The number of methoxy groups -OCH3 is 1. The topological polar surface area (TPSA) is 109 Å². The number of anilines is 1. The van der Waals surface area contributed by atoms with E-state index in [4.69, 9.17) is 4.74 Å². The Morgan fingerprint density at radius 2 is 2.21 bits per heavy atom. The summed E-state index contributed by atoms with van der Waals surface area (Å²) >= 11 is 0. The van der Waals surface area contributed by atoms with Gasteiger partial charge >= 0.3 is 0 Å². The average molecular weight is 258 g/mol. The van der Waals surface area contributed by atoms with Gasteiger partial charge in [0.15, 0.2) is 5.75 Å². The third-order valence-corrected chi connectivity index (χ3v) is 2.66. The third-order valence-electron chi connectivity index (χ3n) is 2.66. The van der Waals surface area contributed by atoms with Gasteiger partial charge in [-0.05, 0) is 17.3 Å². The number of tetrazole rings is 1. The number of para-hydroxylation sites is 1. The molecule has 8 nitrogen and oxygen atoms in total. The molecule has 0 aliphatic rings. The van der Waals surface area contributed by atoms with Crippen molar-refractivity contribution in [3.8, 4) is 5.75 Å². The molecule has 0 aliphatic heterocycles. The Bertz CT molecular complexity index is 718. The van der Waals surface area contributed by atoms with Crippen LogP contribution in [0.1, 0.15) is 10.5 Å². The van der Waals surface area contributed by atoms with Crippen LogP contribution in [-0.2, 0) is 0 Å². The molecule has 0 saturated heterocycles. The van der Waals surface area contributed by atoms with E-state index in [2.05, 4.69) is 30.9 Å². The third kappa shape index (κ3) is 1.88. The molecule has 1 aromatic carbocycles. The van der Waals surface area contributed by atoms with Gasteiger partial charge in [-0.25, -0.2) is 0 Å². The predicted molar refractivity (Wildman–Crippen MR) is 67.0 cm³/mol. The van der Waals surface area contributed by atoms with Crippen LogP contribution >= 0.6 is 0 Å². The number of nitrogens with zero attached hydrogens (tertiary/aromatic N) is 3. The van der Waals surface area contributed by atoms with Crippen molar-refractivity contribution < 1.29 is 9.53 Å². The first-order valence-corrected chi connectivity index (χ1v) is 5.49. The maximum Gasteiger partial charge on any atom is 0.278 e. The van der Waals surface area contributed by atoms with Crippen LogP contribution < -0.4 is 10.1 Å². The number of nitrogens with one attached hydrogen (secondary N) is 3. The van der Waals surface area contributed by atoms with Gasteiger partial charge in [-0.15, -0.1) is 5.10 Å². The van der Waals surface area contributed by atoms with E-state index in [1.807, 2.05) is 24.3 Å². The molecule has 96 valence electrons. The van der Waals surface area contributed by atoms with Gasteiger partial charge < -0.3 is 9.72 Å². The van der Waals surface area contributed by atoms with Crippen LogP contribution in [0.5, 0.6) is 5.75 Å². The largest absolute Gasteiger partial charge is 0.494 e. The van der Waals surface area contributed by atoms with Crippen molar-refractivity contribution in [1.29, 1.82) is 0 Å². The number of carbonyl (C=O) groups excluding carboxylic acids is 1. The van der Waals surface area contributed by atoms with Crippen molar-refractivity contribution in [1.82, 2.24) is 25.6 Å². The number of aromatic amines is 2. The van der Waals surface area contributed by atoms with Gasteiger partial charge in [0.2, 0.25) is 0 Å². The summed E-state index contributed by atoms with van der Waals surface area (Å²) in [4.78, 5) is 15.1. The molecule has 8 heteroatoms. The van der Waals surface area contributed by atoms with E-state index in [9.17, 15) is 4.79 Å². The SMILES string of the molecule is COc1c(C(=O)Nc2nn[nH]n2)[nH]c2ccccc12. The fraction of sp³-hybridized carbons (Fsp3) is 0.0909. The zero-order valence-electron chi connectivity index (χ0n) is 9.97. The normalized spacial score (nSPS) is 10.6. The second kappa shape index (κ2) is 4.41. The summed E-state index contributed by atoms with van der Waals surface area (Å²) in [5.41, 5.74) is 1.13. The molecule has 19 heavy (non-hydrogen) atoms. The molecule has 3 aromatic rings. The number of ether oxygens (including phenoxy) is 1. The van der Waals surface area contributed by atoms with Crippen molar-refractivity contribution in [3.63, 3.8) is 0 Å². The van der Waals surface area contributed by atoms with Crippen LogP contribution in [0, 0.1) is 0 Å². The number of rotatable bonds is 3. The Balaban J connectivity index is 2.02. The molecular formula is C11H10N6O2. The van der Waals surface area contributed by atoms with E-state index in [-0.39, 0.29) is 5.95 Å². The highest BCUT2D eigenvalue weighted by atomic mass is 16.5. The number of H-pyrrole nitrogens is 2. The molecule has 0 bridgehead atoms. The first-order chi connectivity index (χ1) is 9.29. The Kier molecular flexibility index (Phi) is 2.60. The van der Waals surface area contributed by atoms with Gasteiger partial charge in [0.1, 0.15) is 5.69 Å². The molecule has 2 aromatic heterocycles. The van der Waals surface area contributed by atoms with Crippen molar-refractivity contribution in [3.05, 3.63) is 30.0 Å². The zero-order chi connectivity index (χ0) is 13.2. The number of hydrogen-bond acceptors (Lipinski definition) is 5. The van der Waals surface area contributed by atoms with Crippen LogP contribution in [0.3, 0.4) is 0 Å². The molecule has 0 aliphatic carbocycles. The van der Waals surface area contributed by atoms with Gasteiger partial charge in [0.05, 0.1) is 7.11 Å². The fourth-order valence-electron chi connectivity index (χ4n) is 1.87. The Morgan fingerprint density at radius 1 is 1.37 bits per heavy atom. The lowest BCUT2D eigenvalue weighted by Gasteiger charge is -2.02. The smallest absolute Gasteiger partial charge is 0.278 e. The van der Waals surface area contributed by atoms with E-state index in [0.717, 1.165) is 10.9 Å². The minimum Gasteiger partial charge on any atom is -0.494 e. The Hall–Kier alpha value is -2.90. The van der Waals surface area contributed by atoms with Crippen molar-refractivity contribution >= 4 is 22.8 Å². The summed E-state index contributed by atoms with van der Waals surface area (Å²) in [6.07, 6.45) is 0. The molecule has 0 radical (unpaired) electrons. The predicted octanol–water partition coefficient (Wildman–Crippen LogP) is 0.942. The molecule has 0 spiro atoms. The molecule has 1 amide bonds. The number of aromatic nitrogens is 5. The van der Waals surface area contributed by atoms with E-state index in [0.29, 0.717) is 11.4 Å². The maximum absolute atomic E-state index is 12.1. The number of fused-ring (bicyclic) bond motifs is 1. The minimum absolute atomic E-state index is 0.103. The molecule has 0 saturated carbocycles. The molecule has 0 atom stereocenters. The monoisotopic (exact) mass is 258 g/mol. The lowest BCUT2D eigenvalue weighted by Crippen LogP contribution is -2.14. The molecule has 0 unspecified atom stereocenters. The second-order valence-electron chi connectivity index (χ2n) is 3.77. The average Bonchev–Trinajstić information content (AvgIpc) is 3.04. The summed E-state index contributed by atoms with van der Waals surface area (Å²) in [7, 11) is 1.51. The highest BCUT2D eigenvalue weighted by Gasteiger charge is 2.19. The van der Waals surface area contributed by atoms with Crippen molar-refractivity contribution in [2.75, 3.05) is 12.4 Å². The lowest BCUT2D eigenvalue weighted by molar-refractivity contribution is 0.101. The number of benzene rings is 1. The zero-order valence-corrected chi connectivity index (χ0v) is 9.97. The van der Waals surface area contributed by atoms with Crippen LogP contribution in [0.2, 0.25) is 0 Å². The van der Waals surface area contributed by atoms with Gasteiger partial charge in [-0.1, -0.05) is 17.2 Å². The van der Waals surface area contributed by atoms with Crippen LogP contribution in [0.25, 0.3) is 10.9 Å². The summed E-state index contributed by atoms with van der Waals surface area (Å²) in [5.74, 6) is 0.191. The van der Waals surface area contributed by atoms with Gasteiger partial charge in [0, 0.05) is 10.9 Å². The highest BCUT2D eigenvalue weighted by Crippen LogP contribution is 2.29. The van der Waals surface area contributed by atoms with E-state index in [1.165, 1.54) is 7.11 Å². The van der Waals surface area contributed by atoms with Crippen molar-refractivity contribution in [2.24, 2.45) is 0 Å². The molecule has 2 heterocycles. The molecule has 0 fully saturated rings. The highest BCUT2D eigenvalue weighted by molar-refractivity contribution is 6.08. The van der Waals surface area contributed by atoms with Gasteiger partial charge in [-0.2, -0.15) is 5.21 Å². The number of carbonyl (C=O) groups is 1. The maximum atomic E-state index is 12.1. The summed E-state index contributed by atoms with van der Waals surface area (Å²) in [6, 6.07) is 7.48. The molecule has 3 N–H and O–H groups in total. The number of hydrogen-bond donors (Lipinski definition) is 3. The van der Waals surface area contributed by atoms with Crippen LogP contribution in [0.4, 0.5) is 5.95 Å². The van der Waals surface area contributed by atoms with Crippen molar-refractivity contribution in [2.45, 2.75) is 0 Å². The van der Waals surface area contributed by atoms with E-state index in [1.54, 1.807) is 0 Å². The van der Waals surface area contributed by atoms with Crippen LogP contribution in [0.15, 0.2) is 24.3 Å². The van der Waals surface area contributed by atoms with Gasteiger partial charge in [0.25, 0.3) is 11.9 Å². The molecule has 3 rings (SSSR count). The summed E-state index contributed by atoms with van der Waals surface area (Å²) < 4.78 is 5.28. The lowest BCUT2D eigenvalue weighted by atomic mass is 10.2. The summed E-state index contributed by atoms with van der Waals surface area (Å²) in [5, 5.41) is 16.3. The van der Waals surface area contributed by atoms with Gasteiger partial charge in [-0.3, -0.25) is 10.1 Å². The Morgan fingerprint density at radius 3 is 2.95 bits per heavy atom. The standard InChI is InChI=1S/C11H10N6O2/c1-19-9-6-4-2-3-5-7(6)12-8(9)10(18)13-11-14-16-17-15-11/h2-5,12H,1H3,(H2,13,14,15,16,17,18). The summed E-state index contributed by atoms with van der Waals surface area (Å²) in [6.45, 7) is 0.